The van der Waals surface area contributed by atoms with Crippen LogP contribution in [0.15, 0.2) is 4.90 Å². The van der Waals surface area contributed by atoms with Crippen molar-refractivity contribution >= 4 is 10.0 Å². The van der Waals surface area contributed by atoms with Crippen molar-refractivity contribution in [1.82, 2.24) is 19.8 Å². The first-order chi connectivity index (χ1) is 9.16. The third-order valence-corrected chi connectivity index (χ3v) is 5.04. The lowest BCUT2D eigenvalue weighted by Crippen LogP contribution is -2.42. The third kappa shape index (κ3) is 4.04. The van der Waals surface area contributed by atoms with Gasteiger partial charge in [-0.1, -0.05) is 0 Å². The van der Waals surface area contributed by atoms with Crippen molar-refractivity contribution in [3.63, 3.8) is 0 Å². The molecule has 7 heteroatoms. The van der Waals surface area contributed by atoms with Crippen LogP contribution in [0.3, 0.4) is 0 Å². The third-order valence-electron chi connectivity index (χ3n) is 3.32. The SMILES string of the molecule is Cc1n[nH]c(C)c1S(=O)(=O)NCCN(C(C)C)C(C)C. The van der Waals surface area contributed by atoms with E-state index < -0.39 is 10.0 Å². The maximum atomic E-state index is 12.3. The highest BCUT2D eigenvalue weighted by Gasteiger charge is 2.22. The first-order valence-electron chi connectivity index (χ1n) is 6.93. The highest BCUT2D eigenvalue weighted by molar-refractivity contribution is 7.89. The largest absolute Gasteiger partial charge is 0.297 e. The van der Waals surface area contributed by atoms with Gasteiger partial charge >= 0.3 is 0 Å². The average Bonchev–Trinajstić information content (AvgIpc) is 2.64. The molecule has 1 rings (SSSR count). The number of rotatable bonds is 7. The second-order valence-corrected chi connectivity index (χ2v) is 7.29. The zero-order valence-corrected chi connectivity index (χ0v) is 14.0. The Labute approximate surface area is 122 Å². The van der Waals surface area contributed by atoms with Crippen LogP contribution in [0.4, 0.5) is 0 Å². The molecule has 0 bridgehead atoms. The summed E-state index contributed by atoms with van der Waals surface area (Å²) in [5.74, 6) is 0. The summed E-state index contributed by atoms with van der Waals surface area (Å²) in [6, 6.07) is 0.772. The molecular weight excluding hydrogens is 276 g/mol. The van der Waals surface area contributed by atoms with E-state index in [0.29, 0.717) is 36.6 Å². The Morgan fingerprint density at radius 2 is 1.75 bits per heavy atom. The summed E-state index contributed by atoms with van der Waals surface area (Å²) in [5.41, 5.74) is 1.07. The molecule has 1 heterocycles. The number of nitrogens with zero attached hydrogens (tertiary/aromatic N) is 2. The summed E-state index contributed by atoms with van der Waals surface area (Å²) >= 11 is 0. The van der Waals surface area contributed by atoms with Gasteiger partial charge in [-0.3, -0.25) is 10.00 Å². The van der Waals surface area contributed by atoms with E-state index in [1.807, 2.05) is 0 Å². The Kier molecular flexibility index (Phi) is 5.73. The van der Waals surface area contributed by atoms with E-state index in [9.17, 15) is 8.42 Å². The van der Waals surface area contributed by atoms with Gasteiger partial charge in [-0.05, 0) is 41.5 Å². The highest BCUT2D eigenvalue weighted by Crippen LogP contribution is 2.16. The van der Waals surface area contributed by atoms with Crippen LogP contribution >= 0.6 is 0 Å². The first kappa shape index (κ1) is 17.1. The molecule has 0 saturated heterocycles. The Morgan fingerprint density at radius 3 is 2.15 bits per heavy atom. The van der Waals surface area contributed by atoms with Crippen LogP contribution < -0.4 is 4.72 Å². The molecule has 0 saturated carbocycles. The van der Waals surface area contributed by atoms with Gasteiger partial charge in [0, 0.05) is 25.2 Å². The van der Waals surface area contributed by atoms with Gasteiger partial charge < -0.3 is 0 Å². The van der Waals surface area contributed by atoms with E-state index in [4.69, 9.17) is 0 Å². The van der Waals surface area contributed by atoms with Crippen molar-refractivity contribution in [3.8, 4) is 0 Å². The molecule has 20 heavy (non-hydrogen) atoms. The summed E-state index contributed by atoms with van der Waals surface area (Å²) in [7, 11) is -3.50. The Balaban J connectivity index is 2.70. The standard InChI is InChI=1S/C13H26N4O2S/c1-9(2)17(10(3)4)8-7-14-20(18,19)13-11(5)15-16-12(13)6/h9-10,14H,7-8H2,1-6H3,(H,15,16). The van der Waals surface area contributed by atoms with Crippen LogP contribution in [0.25, 0.3) is 0 Å². The van der Waals surface area contributed by atoms with Gasteiger partial charge in [0.1, 0.15) is 4.90 Å². The lowest BCUT2D eigenvalue weighted by Gasteiger charge is -2.30. The normalized spacial score (nSPS) is 12.8. The molecule has 0 radical (unpaired) electrons. The molecule has 0 aliphatic heterocycles. The van der Waals surface area contributed by atoms with E-state index in [0.717, 1.165) is 0 Å². The number of sulfonamides is 1. The molecule has 1 aromatic rings. The number of H-pyrrole nitrogens is 1. The fourth-order valence-corrected chi connectivity index (χ4v) is 3.82. The van der Waals surface area contributed by atoms with Crippen molar-refractivity contribution in [2.45, 2.75) is 58.5 Å². The fourth-order valence-electron chi connectivity index (χ4n) is 2.43. The van der Waals surface area contributed by atoms with Gasteiger partial charge in [-0.25, -0.2) is 13.1 Å². The smallest absolute Gasteiger partial charge is 0.244 e. The molecule has 0 spiro atoms. The van der Waals surface area contributed by atoms with Gasteiger partial charge in [0.25, 0.3) is 0 Å². The van der Waals surface area contributed by atoms with E-state index in [1.54, 1.807) is 13.8 Å². The number of aromatic amines is 1. The molecule has 0 aromatic carbocycles. The molecule has 0 atom stereocenters. The Morgan fingerprint density at radius 1 is 1.20 bits per heavy atom. The topological polar surface area (TPSA) is 78.1 Å². The zero-order chi connectivity index (χ0) is 15.5. The monoisotopic (exact) mass is 302 g/mol. The van der Waals surface area contributed by atoms with Crippen LogP contribution in [0, 0.1) is 13.8 Å². The highest BCUT2D eigenvalue weighted by atomic mass is 32.2. The van der Waals surface area contributed by atoms with Crippen molar-refractivity contribution in [2.24, 2.45) is 0 Å². The minimum atomic E-state index is -3.50. The van der Waals surface area contributed by atoms with Crippen LogP contribution in [-0.4, -0.2) is 48.7 Å². The van der Waals surface area contributed by atoms with Gasteiger partial charge in [0.2, 0.25) is 10.0 Å². The van der Waals surface area contributed by atoms with Crippen molar-refractivity contribution < 1.29 is 8.42 Å². The van der Waals surface area contributed by atoms with Gasteiger partial charge in [-0.2, -0.15) is 5.10 Å². The van der Waals surface area contributed by atoms with E-state index in [-0.39, 0.29) is 4.90 Å². The molecule has 0 unspecified atom stereocenters. The van der Waals surface area contributed by atoms with E-state index in [1.165, 1.54) is 0 Å². The second kappa shape index (κ2) is 6.69. The number of hydrogen-bond donors (Lipinski definition) is 2. The zero-order valence-electron chi connectivity index (χ0n) is 13.2. The summed E-state index contributed by atoms with van der Waals surface area (Å²) in [6.45, 7) is 12.9. The van der Waals surface area contributed by atoms with Crippen LogP contribution in [-0.2, 0) is 10.0 Å². The second-order valence-electron chi connectivity index (χ2n) is 5.59. The first-order valence-corrected chi connectivity index (χ1v) is 8.42. The molecule has 2 N–H and O–H groups in total. The number of nitrogens with one attached hydrogen (secondary N) is 2. The average molecular weight is 302 g/mol. The van der Waals surface area contributed by atoms with E-state index in [2.05, 4.69) is 47.5 Å². The van der Waals surface area contributed by atoms with Crippen molar-refractivity contribution in [1.29, 1.82) is 0 Å². The predicted molar refractivity (Wildman–Crippen MR) is 80.2 cm³/mol. The molecule has 0 fully saturated rings. The number of aromatic nitrogens is 2. The van der Waals surface area contributed by atoms with Crippen LogP contribution in [0.2, 0.25) is 0 Å². The summed E-state index contributed by atoms with van der Waals surface area (Å²) in [6.07, 6.45) is 0. The maximum Gasteiger partial charge on any atom is 0.244 e. The van der Waals surface area contributed by atoms with Gasteiger partial charge in [-0.15, -0.1) is 0 Å². The lowest BCUT2D eigenvalue weighted by molar-refractivity contribution is 0.179. The molecule has 0 amide bonds. The Bertz CT molecular complexity index is 507. The quantitative estimate of drug-likeness (QED) is 0.798. The molecule has 116 valence electrons. The van der Waals surface area contributed by atoms with Crippen LogP contribution in [0.5, 0.6) is 0 Å². The summed E-state index contributed by atoms with van der Waals surface area (Å²) in [5, 5.41) is 6.63. The van der Waals surface area contributed by atoms with E-state index >= 15 is 0 Å². The minimum absolute atomic E-state index is 0.262. The summed E-state index contributed by atoms with van der Waals surface area (Å²) in [4.78, 5) is 2.51. The molecule has 1 aromatic heterocycles. The molecule has 0 aliphatic rings. The van der Waals surface area contributed by atoms with Gasteiger partial charge in [0.05, 0.1) is 11.4 Å². The number of aryl methyl sites for hydroxylation is 2. The summed E-state index contributed by atoms with van der Waals surface area (Å²) < 4.78 is 27.2. The van der Waals surface area contributed by atoms with Crippen molar-refractivity contribution in [2.75, 3.05) is 13.1 Å². The fraction of sp³-hybridized carbons (Fsp3) is 0.769. The molecular formula is C13H26N4O2S. The lowest BCUT2D eigenvalue weighted by atomic mass is 10.2. The predicted octanol–water partition coefficient (Wildman–Crippen LogP) is 1.42. The van der Waals surface area contributed by atoms with Gasteiger partial charge in [0.15, 0.2) is 0 Å². The van der Waals surface area contributed by atoms with Crippen molar-refractivity contribution in [3.05, 3.63) is 11.4 Å². The number of hydrogen-bond acceptors (Lipinski definition) is 4. The molecule has 0 aliphatic carbocycles. The Hall–Kier alpha value is -0.920. The molecule has 6 nitrogen and oxygen atoms in total. The minimum Gasteiger partial charge on any atom is -0.297 e. The maximum absolute atomic E-state index is 12.3. The van der Waals surface area contributed by atoms with Crippen LogP contribution in [0.1, 0.15) is 39.1 Å².